The lowest BCUT2D eigenvalue weighted by atomic mass is 10.1. The van der Waals surface area contributed by atoms with Gasteiger partial charge >= 0.3 is 0 Å². The van der Waals surface area contributed by atoms with Crippen LogP contribution < -0.4 is 10.1 Å². The van der Waals surface area contributed by atoms with Gasteiger partial charge in [0.05, 0.1) is 5.69 Å². The first-order valence-corrected chi connectivity index (χ1v) is 7.16. The molecule has 0 aliphatic rings. The van der Waals surface area contributed by atoms with Gasteiger partial charge in [-0.15, -0.1) is 5.10 Å². The maximum Gasteiger partial charge on any atom is 0.238 e. The van der Waals surface area contributed by atoms with Crippen molar-refractivity contribution < 1.29 is 4.74 Å². The molecule has 0 saturated carbocycles. The lowest BCUT2D eigenvalue weighted by Gasteiger charge is -2.19. The second-order valence-corrected chi connectivity index (χ2v) is 6.39. The van der Waals surface area contributed by atoms with Gasteiger partial charge in [0.2, 0.25) is 5.88 Å². The normalized spacial score (nSPS) is 11.5. The van der Waals surface area contributed by atoms with Crippen LogP contribution in [0.1, 0.15) is 37.6 Å². The predicted molar refractivity (Wildman–Crippen MR) is 84.6 cm³/mol. The zero-order chi connectivity index (χ0) is 15.5. The Morgan fingerprint density at radius 2 is 1.67 bits per heavy atom. The molecule has 0 aliphatic carbocycles. The molecule has 1 aromatic heterocycles. The van der Waals surface area contributed by atoms with Crippen LogP contribution in [-0.4, -0.2) is 15.7 Å². The standard InChI is InChI=1S/C17H23N3O/c1-12-8-13(2)10-15(9-12)21-16-7-6-14(19-20-16)11-18-17(3,4)5/h6-10,18H,11H2,1-5H3. The van der Waals surface area contributed by atoms with E-state index in [1.54, 1.807) is 0 Å². The van der Waals surface area contributed by atoms with Crippen LogP contribution in [0.4, 0.5) is 0 Å². The summed E-state index contributed by atoms with van der Waals surface area (Å²) in [7, 11) is 0. The molecule has 1 aromatic carbocycles. The van der Waals surface area contributed by atoms with Gasteiger partial charge in [0, 0.05) is 18.2 Å². The molecule has 2 rings (SSSR count). The molecule has 1 heterocycles. The molecule has 2 aromatic rings. The van der Waals surface area contributed by atoms with Crippen LogP contribution in [0.25, 0.3) is 0 Å². The average molecular weight is 285 g/mol. The van der Waals surface area contributed by atoms with Crippen LogP contribution in [0.3, 0.4) is 0 Å². The highest BCUT2D eigenvalue weighted by Crippen LogP contribution is 2.21. The first-order valence-electron chi connectivity index (χ1n) is 7.16. The fraction of sp³-hybridized carbons (Fsp3) is 0.412. The fourth-order valence-electron chi connectivity index (χ4n) is 1.96. The Balaban J connectivity index is 2.02. The molecule has 0 fully saturated rings. The van der Waals surface area contributed by atoms with Crippen LogP contribution in [0, 0.1) is 13.8 Å². The van der Waals surface area contributed by atoms with Gasteiger partial charge in [-0.05, 0) is 63.9 Å². The third-order valence-electron chi connectivity index (χ3n) is 2.91. The molecule has 0 amide bonds. The SMILES string of the molecule is Cc1cc(C)cc(Oc2ccc(CNC(C)(C)C)nn2)c1. The molecule has 0 radical (unpaired) electrons. The van der Waals surface area contributed by atoms with Crippen molar-refractivity contribution >= 4 is 0 Å². The first-order chi connectivity index (χ1) is 9.82. The van der Waals surface area contributed by atoms with Crippen LogP contribution in [-0.2, 0) is 6.54 Å². The van der Waals surface area contributed by atoms with E-state index in [4.69, 9.17) is 4.74 Å². The molecule has 0 atom stereocenters. The zero-order valence-electron chi connectivity index (χ0n) is 13.4. The van der Waals surface area contributed by atoms with Gasteiger partial charge in [0.15, 0.2) is 0 Å². The number of nitrogens with zero attached hydrogens (tertiary/aromatic N) is 2. The smallest absolute Gasteiger partial charge is 0.238 e. The monoisotopic (exact) mass is 285 g/mol. The highest BCUT2D eigenvalue weighted by Gasteiger charge is 2.09. The fourth-order valence-corrected chi connectivity index (χ4v) is 1.96. The molecule has 0 spiro atoms. The lowest BCUT2D eigenvalue weighted by molar-refractivity contribution is 0.416. The molecule has 1 N–H and O–H groups in total. The summed E-state index contributed by atoms with van der Waals surface area (Å²) in [5.74, 6) is 1.31. The molecule has 112 valence electrons. The Morgan fingerprint density at radius 3 is 2.19 bits per heavy atom. The van der Waals surface area contributed by atoms with Crippen molar-refractivity contribution in [3.05, 3.63) is 47.2 Å². The third kappa shape index (κ3) is 5.16. The van der Waals surface area contributed by atoms with E-state index in [0.717, 1.165) is 11.4 Å². The molecule has 4 nitrogen and oxygen atoms in total. The maximum absolute atomic E-state index is 5.75. The van der Waals surface area contributed by atoms with E-state index in [2.05, 4.69) is 42.4 Å². The molecule has 0 saturated heterocycles. The number of ether oxygens (including phenoxy) is 1. The summed E-state index contributed by atoms with van der Waals surface area (Å²) in [5.41, 5.74) is 3.31. The Labute approximate surface area is 126 Å². The molecule has 4 heteroatoms. The van der Waals surface area contributed by atoms with E-state index in [1.807, 2.05) is 38.1 Å². The van der Waals surface area contributed by atoms with Gasteiger partial charge in [0.1, 0.15) is 5.75 Å². The molecular formula is C17H23N3O. The lowest BCUT2D eigenvalue weighted by Crippen LogP contribution is -2.35. The summed E-state index contributed by atoms with van der Waals surface area (Å²) >= 11 is 0. The Kier molecular flexibility index (Phi) is 4.58. The van der Waals surface area contributed by atoms with Crippen molar-refractivity contribution in [1.29, 1.82) is 0 Å². The minimum Gasteiger partial charge on any atom is -0.438 e. The summed E-state index contributed by atoms with van der Waals surface area (Å²) in [6.07, 6.45) is 0. The van der Waals surface area contributed by atoms with Crippen molar-refractivity contribution in [1.82, 2.24) is 15.5 Å². The second-order valence-electron chi connectivity index (χ2n) is 6.39. The van der Waals surface area contributed by atoms with Gasteiger partial charge in [-0.25, -0.2) is 0 Å². The van der Waals surface area contributed by atoms with E-state index in [9.17, 15) is 0 Å². The number of benzene rings is 1. The van der Waals surface area contributed by atoms with Crippen molar-refractivity contribution in [3.8, 4) is 11.6 Å². The van der Waals surface area contributed by atoms with E-state index in [0.29, 0.717) is 12.4 Å². The largest absolute Gasteiger partial charge is 0.438 e. The Morgan fingerprint density at radius 1 is 1.00 bits per heavy atom. The summed E-state index contributed by atoms with van der Waals surface area (Å²) in [5, 5.41) is 11.7. The summed E-state index contributed by atoms with van der Waals surface area (Å²) < 4.78 is 5.75. The van der Waals surface area contributed by atoms with E-state index >= 15 is 0 Å². The molecule has 0 unspecified atom stereocenters. The van der Waals surface area contributed by atoms with Crippen LogP contribution in [0.5, 0.6) is 11.6 Å². The highest BCUT2D eigenvalue weighted by atomic mass is 16.5. The highest BCUT2D eigenvalue weighted by molar-refractivity contribution is 5.35. The van der Waals surface area contributed by atoms with Gasteiger partial charge in [-0.2, -0.15) is 5.10 Å². The summed E-state index contributed by atoms with van der Waals surface area (Å²) in [6, 6.07) is 9.88. The first kappa shape index (κ1) is 15.4. The van der Waals surface area contributed by atoms with Crippen molar-refractivity contribution in [2.75, 3.05) is 0 Å². The minimum absolute atomic E-state index is 0.0654. The molecule has 0 bridgehead atoms. The number of aromatic nitrogens is 2. The maximum atomic E-state index is 5.75. The quantitative estimate of drug-likeness (QED) is 0.928. The van der Waals surface area contributed by atoms with Crippen LogP contribution >= 0.6 is 0 Å². The minimum atomic E-state index is 0.0654. The van der Waals surface area contributed by atoms with Gasteiger partial charge in [-0.3, -0.25) is 0 Å². The number of nitrogens with one attached hydrogen (secondary N) is 1. The zero-order valence-corrected chi connectivity index (χ0v) is 13.4. The van der Waals surface area contributed by atoms with Crippen LogP contribution in [0.2, 0.25) is 0 Å². The summed E-state index contributed by atoms with van der Waals surface area (Å²) in [4.78, 5) is 0. The van der Waals surface area contributed by atoms with Gasteiger partial charge in [-0.1, -0.05) is 6.07 Å². The average Bonchev–Trinajstić information content (AvgIpc) is 2.36. The Hall–Kier alpha value is -1.94. The molecule has 0 aliphatic heterocycles. The van der Waals surface area contributed by atoms with E-state index in [-0.39, 0.29) is 5.54 Å². The second kappa shape index (κ2) is 6.22. The molecular weight excluding hydrogens is 262 g/mol. The number of rotatable bonds is 4. The van der Waals surface area contributed by atoms with E-state index < -0.39 is 0 Å². The topological polar surface area (TPSA) is 47.0 Å². The predicted octanol–water partition coefficient (Wildman–Crippen LogP) is 3.77. The van der Waals surface area contributed by atoms with Crippen LogP contribution in [0.15, 0.2) is 30.3 Å². The summed E-state index contributed by atoms with van der Waals surface area (Å²) in [6.45, 7) is 11.2. The third-order valence-corrected chi connectivity index (χ3v) is 2.91. The molecule has 21 heavy (non-hydrogen) atoms. The number of hydrogen-bond donors (Lipinski definition) is 1. The number of aryl methyl sites for hydroxylation is 2. The number of hydrogen-bond acceptors (Lipinski definition) is 4. The van der Waals surface area contributed by atoms with Crippen molar-refractivity contribution in [2.24, 2.45) is 0 Å². The Bertz CT molecular complexity index is 580. The van der Waals surface area contributed by atoms with Gasteiger partial charge < -0.3 is 10.1 Å². The van der Waals surface area contributed by atoms with E-state index in [1.165, 1.54) is 11.1 Å². The van der Waals surface area contributed by atoms with Crippen molar-refractivity contribution in [3.63, 3.8) is 0 Å². The van der Waals surface area contributed by atoms with Gasteiger partial charge in [0.25, 0.3) is 0 Å². The van der Waals surface area contributed by atoms with Crippen molar-refractivity contribution in [2.45, 2.75) is 46.7 Å².